The summed E-state index contributed by atoms with van der Waals surface area (Å²) in [6.45, 7) is 3.97. The van der Waals surface area contributed by atoms with E-state index >= 15 is 0 Å². The molecule has 0 spiro atoms. The van der Waals surface area contributed by atoms with E-state index in [1.165, 1.54) is 5.56 Å². The number of imidazole rings is 2. The Morgan fingerprint density at radius 1 is 1.04 bits per heavy atom. The van der Waals surface area contributed by atoms with Gasteiger partial charge in [0.05, 0.1) is 6.33 Å². The summed E-state index contributed by atoms with van der Waals surface area (Å²) >= 11 is 0. The van der Waals surface area contributed by atoms with Crippen molar-refractivity contribution < 1.29 is 0 Å². The van der Waals surface area contributed by atoms with E-state index in [4.69, 9.17) is 0 Å². The Morgan fingerprint density at radius 2 is 1.83 bits per heavy atom. The summed E-state index contributed by atoms with van der Waals surface area (Å²) in [7, 11) is 4.20. The van der Waals surface area contributed by atoms with E-state index < -0.39 is 0 Å². The first kappa shape index (κ1) is 15.5. The summed E-state index contributed by atoms with van der Waals surface area (Å²) < 4.78 is 4.26. The number of hydrogen-bond acceptors (Lipinski definition) is 3. The number of rotatable bonds is 6. The molecule has 0 aliphatic heterocycles. The maximum absolute atomic E-state index is 4.52. The van der Waals surface area contributed by atoms with Gasteiger partial charge >= 0.3 is 0 Å². The molecular weight excluding hydrogens is 286 g/mol. The highest BCUT2D eigenvalue weighted by Gasteiger charge is 2.10. The van der Waals surface area contributed by atoms with Crippen molar-refractivity contribution in [2.24, 2.45) is 0 Å². The highest BCUT2D eigenvalue weighted by Crippen LogP contribution is 2.22. The second-order valence-corrected chi connectivity index (χ2v) is 6.01. The zero-order chi connectivity index (χ0) is 16.2. The molecule has 0 bridgehead atoms. The van der Waals surface area contributed by atoms with E-state index in [9.17, 15) is 0 Å². The first-order valence-corrected chi connectivity index (χ1v) is 7.89. The van der Waals surface area contributed by atoms with E-state index in [0.717, 1.165) is 24.5 Å². The predicted octanol–water partition coefficient (Wildman–Crippen LogP) is 3.07. The smallest absolute Gasteiger partial charge is 0.139 e. The molecule has 3 rings (SSSR count). The number of hydrogen-bond donors (Lipinski definition) is 0. The van der Waals surface area contributed by atoms with Gasteiger partial charge in [-0.2, -0.15) is 0 Å². The third-order valence-electron chi connectivity index (χ3n) is 4.30. The molecule has 0 saturated heterocycles. The van der Waals surface area contributed by atoms with E-state index in [-0.39, 0.29) is 0 Å². The molecule has 0 aliphatic carbocycles. The van der Waals surface area contributed by atoms with Crippen molar-refractivity contribution in [2.75, 3.05) is 14.1 Å². The van der Waals surface area contributed by atoms with Gasteiger partial charge in [-0.05, 0) is 26.6 Å². The lowest BCUT2D eigenvalue weighted by molar-refractivity contribution is 0.321. The van der Waals surface area contributed by atoms with Crippen molar-refractivity contribution in [3.63, 3.8) is 0 Å². The Kier molecular flexibility index (Phi) is 4.57. The van der Waals surface area contributed by atoms with Crippen molar-refractivity contribution in [1.82, 2.24) is 24.0 Å². The molecule has 0 aliphatic rings. The fourth-order valence-electron chi connectivity index (χ4n) is 2.60. The Hall–Kier alpha value is -2.40. The number of nitrogens with zero attached hydrogens (tertiary/aromatic N) is 5. The van der Waals surface area contributed by atoms with Crippen LogP contribution >= 0.6 is 0 Å². The second-order valence-electron chi connectivity index (χ2n) is 6.01. The van der Waals surface area contributed by atoms with Crippen LogP contribution in [0.4, 0.5) is 0 Å². The zero-order valence-corrected chi connectivity index (χ0v) is 13.9. The normalized spacial score (nSPS) is 12.7. The van der Waals surface area contributed by atoms with Crippen LogP contribution in [0.15, 0.2) is 55.4 Å². The minimum absolute atomic E-state index is 0.407. The fraction of sp³-hybridized carbons (Fsp3) is 0.333. The minimum Gasteiger partial charge on any atom is -0.336 e. The van der Waals surface area contributed by atoms with Crippen molar-refractivity contribution in [2.45, 2.75) is 26.1 Å². The van der Waals surface area contributed by atoms with Crippen LogP contribution in [-0.2, 0) is 13.1 Å². The summed E-state index contributed by atoms with van der Waals surface area (Å²) in [6.07, 6.45) is 9.52. The molecule has 2 heterocycles. The number of aryl methyl sites for hydroxylation is 2. The molecule has 0 radical (unpaired) electrons. The third kappa shape index (κ3) is 3.51. The molecule has 23 heavy (non-hydrogen) atoms. The Morgan fingerprint density at radius 3 is 2.48 bits per heavy atom. The Balaban J connectivity index is 1.76. The molecule has 0 N–H and O–H groups in total. The summed E-state index contributed by atoms with van der Waals surface area (Å²) in [6, 6.07) is 9.10. The van der Waals surface area contributed by atoms with Crippen LogP contribution in [0, 0.1) is 0 Å². The maximum atomic E-state index is 4.52. The summed E-state index contributed by atoms with van der Waals surface area (Å²) in [5.74, 6) is 1.01. The van der Waals surface area contributed by atoms with E-state index in [0.29, 0.717) is 6.04 Å². The quantitative estimate of drug-likeness (QED) is 0.702. The SMILES string of the molecule is C[C@@H](c1ccc(-c2nccn2CCn2ccnc2)cc1)N(C)C. The average Bonchev–Trinajstić information content (AvgIpc) is 3.23. The van der Waals surface area contributed by atoms with Crippen molar-refractivity contribution in [1.29, 1.82) is 0 Å². The first-order valence-electron chi connectivity index (χ1n) is 7.89. The lowest BCUT2D eigenvalue weighted by atomic mass is 10.1. The molecule has 1 aromatic carbocycles. The topological polar surface area (TPSA) is 38.9 Å². The Labute approximate surface area is 137 Å². The second kappa shape index (κ2) is 6.79. The molecule has 5 heteroatoms. The Bertz CT molecular complexity index is 725. The standard InChI is InChI=1S/C18H23N5/c1-15(21(2)3)16-4-6-17(7-5-16)18-20-9-11-23(18)13-12-22-10-8-19-14-22/h4-11,14-15H,12-13H2,1-3H3/t15-/m0/s1. The summed E-state index contributed by atoms with van der Waals surface area (Å²) in [5.41, 5.74) is 2.46. The highest BCUT2D eigenvalue weighted by atomic mass is 15.1. The average molecular weight is 309 g/mol. The molecule has 0 saturated carbocycles. The maximum Gasteiger partial charge on any atom is 0.139 e. The molecule has 1 atom stereocenters. The monoisotopic (exact) mass is 309 g/mol. The summed E-state index contributed by atoms with van der Waals surface area (Å²) in [4.78, 5) is 10.8. The largest absolute Gasteiger partial charge is 0.336 e. The lowest BCUT2D eigenvalue weighted by Crippen LogP contribution is -2.16. The molecule has 2 aromatic heterocycles. The molecular formula is C18H23N5. The molecule has 5 nitrogen and oxygen atoms in total. The molecule has 120 valence electrons. The third-order valence-corrected chi connectivity index (χ3v) is 4.30. The number of benzene rings is 1. The van der Waals surface area contributed by atoms with Gasteiger partial charge < -0.3 is 14.0 Å². The van der Waals surface area contributed by atoms with Crippen LogP contribution < -0.4 is 0 Å². The molecule has 3 aromatic rings. The van der Waals surface area contributed by atoms with Crippen LogP contribution in [0.2, 0.25) is 0 Å². The van der Waals surface area contributed by atoms with Crippen LogP contribution in [0.3, 0.4) is 0 Å². The van der Waals surface area contributed by atoms with Crippen LogP contribution in [0.1, 0.15) is 18.5 Å². The van der Waals surface area contributed by atoms with Gasteiger partial charge in [0, 0.05) is 49.5 Å². The number of aromatic nitrogens is 4. The highest BCUT2D eigenvalue weighted by molar-refractivity contribution is 5.56. The van der Waals surface area contributed by atoms with Gasteiger partial charge in [-0.15, -0.1) is 0 Å². The first-order chi connectivity index (χ1) is 11.1. The van der Waals surface area contributed by atoms with E-state index in [1.807, 2.05) is 24.9 Å². The van der Waals surface area contributed by atoms with Crippen LogP contribution in [0.5, 0.6) is 0 Å². The summed E-state index contributed by atoms with van der Waals surface area (Å²) in [5, 5.41) is 0. The van der Waals surface area contributed by atoms with Gasteiger partial charge in [-0.25, -0.2) is 9.97 Å². The van der Waals surface area contributed by atoms with E-state index in [1.54, 1.807) is 6.20 Å². The molecule has 0 amide bonds. The lowest BCUT2D eigenvalue weighted by Gasteiger charge is -2.20. The molecule has 0 fully saturated rings. The zero-order valence-electron chi connectivity index (χ0n) is 13.9. The van der Waals surface area contributed by atoms with Gasteiger partial charge in [-0.1, -0.05) is 24.3 Å². The van der Waals surface area contributed by atoms with Crippen molar-refractivity contribution in [3.8, 4) is 11.4 Å². The fourth-order valence-corrected chi connectivity index (χ4v) is 2.60. The molecule has 0 unspecified atom stereocenters. The van der Waals surface area contributed by atoms with Crippen LogP contribution in [-0.4, -0.2) is 38.1 Å². The van der Waals surface area contributed by atoms with Crippen molar-refractivity contribution in [3.05, 3.63) is 60.9 Å². The van der Waals surface area contributed by atoms with Crippen LogP contribution in [0.25, 0.3) is 11.4 Å². The van der Waals surface area contributed by atoms with Crippen molar-refractivity contribution >= 4 is 0 Å². The van der Waals surface area contributed by atoms with Gasteiger partial charge in [0.2, 0.25) is 0 Å². The van der Waals surface area contributed by atoms with Gasteiger partial charge in [0.1, 0.15) is 5.82 Å². The minimum atomic E-state index is 0.407. The predicted molar refractivity (Wildman–Crippen MR) is 92.0 cm³/mol. The van der Waals surface area contributed by atoms with Gasteiger partial charge in [0.15, 0.2) is 0 Å². The van der Waals surface area contributed by atoms with Gasteiger partial charge in [-0.3, -0.25) is 0 Å². The van der Waals surface area contributed by atoms with Gasteiger partial charge in [0.25, 0.3) is 0 Å². The van der Waals surface area contributed by atoms with E-state index in [2.05, 4.69) is 69.3 Å².